The molecule has 0 spiro atoms. The van der Waals surface area contributed by atoms with Gasteiger partial charge in [-0.1, -0.05) is 28.4 Å². The first-order chi connectivity index (χ1) is 15.8. The third kappa shape index (κ3) is 4.40. The summed E-state index contributed by atoms with van der Waals surface area (Å²) in [4.78, 5) is 42.9. The Bertz CT molecular complexity index is 1110. The van der Waals surface area contributed by atoms with Crippen LogP contribution in [0.5, 0.6) is 11.5 Å². The predicted molar refractivity (Wildman–Crippen MR) is 121 cm³/mol. The largest absolute Gasteiger partial charge is 0.503 e. The maximum Gasteiger partial charge on any atom is 0.328 e. The lowest BCUT2D eigenvalue weighted by Gasteiger charge is -2.47. The Morgan fingerprint density at radius 2 is 2.00 bits per heavy atom. The van der Waals surface area contributed by atoms with Crippen molar-refractivity contribution in [3.8, 4) is 11.5 Å². The van der Waals surface area contributed by atoms with Gasteiger partial charge in [0.05, 0.1) is 27.9 Å². The number of carbonyl (C=O) groups excluding carboxylic acids is 2. The number of benzene rings is 1. The molecule has 2 aliphatic heterocycles. The Balaban J connectivity index is 1.74. The summed E-state index contributed by atoms with van der Waals surface area (Å²) in [6.45, 7) is 2.67. The van der Waals surface area contributed by atoms with E-state index in [0.29, 0.717) is 0 Å². The number of hydrogen-bond acceptors (Lipinski definition) is 8. The third-order valence-electron chi connectivity index (χ3n) is 5.84. The fourth-order valence-electron chi connectivity index (χ4n) is 3.86. The normalized spacial score (nSPS) is 23.3. The maximum absolute atomic E-state index is 12.5. The van der Waals surface area contributed by atoms with E-state index in [4.69, 9.17) is 28.0 Å². The van der Waals surface area contributed by atoms with Crippen LogP contribution in [0.2, 0.25) is 10.0 Å². The van der Waals surface area contributed by atoms with Crippen molar-refractivity contribution < 1.29 is 43.3 Å². The number of hydrogen-bond donors (Lipinski definition) is 5. The first kappa shape index (κ1) is 26.0. The van der Waals surface area contributed by atoms with Crippen molar-refractivity contribution in [3.05, 3.63) is 21.7 Å². The molecule has 0 aliphatic carbocycles. The molecule has 2 heterocycles. The third-order valence-corrected chi connectivity index (χ3v) is 7.69. The molecule has 2 aliphatic rings. The summed E-state index contributed by atoms with van der Waals surface area (Å²) in [5.41, 5.74) is -0.283. The highest BCUT2D eigenvalue weighted by molar-refractivity contribution is 7.81. The molecule has 1 saturated heterocycles. The molecule has 1 aromatic rings. The molecule has 34 heavy (non-hydrogen) atoms. The van der Waals surface area contributed by atoms with Gasteiger partial charge >= 0.3 is 5.97 Å². The lowest BCUT2D eigenvalue weighted by atomic mass is 9.87. The molecule has 0 radical (unpaired) electrons. The van der Waals surface area contributed by atoms with Crippen molar-refractivity contribution in [3.63, 3.8) is 0 Å². The Morgan fingerprint density at radius 1 is 1.35 bits per heavy atom. The summed E-state index contributed by atoms with van der Waals surface area (Å²) in [7, 11) is 0. The molecule has 0 saturated carbocycles. The van der Waals surface area contributed by atoms with Gasteiger partial charge in [-0.15, -0.1) is 0 Å². The quantitative estimate of drug-likeness (QED) is 0.185. The number of likely N-dealkylation sites (tertiary alicyclic amines) is 1. The Kier molecular flexibility index (Phi) is 7.31. The number of rotatable bonds is 8. The van der Waals surface area contributed by atoms with E-state index in [1.807, 2.05) is 0 Å². The second-order valence-electron chi connectivity index (χ2n) is 8.05. The minimum atomic E-state index is -2.75. The number of nitrogens with zero attached hydrogens (tertiary/aromatic N) is 2. The second-order valence-corrected chi connectivity index (χ2v) is 10.2. The number of phenols is 2. The van der Waals surface area contributed by atoms with Gasteiger partial charge in [0.15, 0.2) is 28.6 Å². The summed E-state index contributed by atoms with van der Waals surface area (Å²) < 4.78 is 20.4. The average molecular weight is 538 g/mol. The van der Waals surface area contributed by atoms with Crippen molar-refractivity contribution in [2.75, 3.05) is 6.54 Å². The standard InChI is InChI=1S/C19H21Cl2N3O9S/c1-7-3-12(25)24(7)16(18(29)30)19(2,34(31)32)11-4-8(33-23-11)6-22-17(28)9-5-10(20)14(26)15(27)13(9)21/h5,7-8,16,26-27H,3-4,6H2,1-2H3,(H,22,28)(H,29,30)(H,31,32)/t7-,8?,16+,19+/m1/s1. The van der Waals surface area contributed by atoms with E-state index in [2.05, 4.69) is 10.5 Å². The topological polar surface area (TPSA) is 186 Å². The van der Waals surface area contributed by atoms with Gasteiger partial charge < -0.3 is 34.9 Å². The van der Waals surface area contributed by atoms with Crippen LogP contribution in [-0.4, -0.2) is 82.0 Å². The number of phenolic OH excluding ortho intramolecular Hbond substituents is 2. The molecule has 3 rings (SSSR count). The lowest BCUT2D eigenvalue weighted by molar-refractivity contribution is -0.161. The van der Waals surface area contributed by atoms with E-state index < -0.39 is 68.3 Å². The zero-order valence-corrected chi connectivity index (χ0v) is 20.1. The van der Waals surface area contributed by atoms with Crippen molar-refractivity contribution in [2.45, 2.75) is 49.6 Å². The monoisotopic (exact) mass is 537 g/mol. The predicted octanol–water partition coefficient (Wildman–Crippen LogP) is 1.33. The summed E-state index contributed by atoms with van der Waals surface area (Å²) in [5, 5.41) is 34.7. The second kappa shape index (κ2) is 9.56. The fourth-order valence-corrected chi connectivity index (χ4v) is 5.02. The lowest BCUT2D eigenvalue weighted by Crippen LogP contribution is -2.68. The molecule has 15 heteroatoms. The minimum Gasteiger partial charge on any atom is -0.503 e. The Hall–Kier alpha value is -2.61. The first-order valence-electron chi connectivity index (χ1n) is 9.86. The van der Waals surface area contributed by atoms with E-state index in [0.717, 1.165) is 11.0 Å². The Morgan fingerprint density at radius 3 is 2.53 bits per heavy atom. The van der Waals surface area contributed by atoms with Crippen molar-refractivity contribution in [2.24, 2.45) is 5.16 Å². The number of amides is 2. The number of β-lactam (4-membered cyclic amide) rings is 1. The molecule has 2 amide bonds. The summed E-state index contributed by atoms with van der Waals surface area (Å²) in [5.74, 6) is -4.15. The van der Waals surface area contributed by atoms with Gasteiger partial charge in [-0.05, 0) is 19.9 Å². The van der Waals surface area contributed by atoms with Crippen LogP contribution in [-0.2, 0) is 25.5 Å². The van der Waals surface area contributed by atoms with Gasteiger partial charge in [0.2, 0.25) is 5.91 Å². The van der Waals surface area contributed by atoms with Crippen LogP contribution in [0.3, 0.4) is 0 Å². The van der Waals surface area contributed by atoms with Crippen molar-refractivity contribution in [1.29, 1.82) is 0 Å². The number of carboxylic acids is 1. The van der Waals surface area contributed by atoms with E-state index in [1.165, 1.54) is 6.92 Å². The van der Waals surface area contributed by atoms with Crippen LogP contribution < -0.4 is 5.32 Å². The minimum absolute atomic E-state index is 0.0600. The van der Waals surface area contributed by atoms with E-state index in [1.54, 1.807) is 6.92 Å². The molecule has 1 fully saturated rings. The van der Waals surface area contributed by atoms with Crippen LogP contribution in [0.4, 0.5) is 0 Å². The highest BCUT2D eigenvalue weighted by atomic mass is 35.5. The van der Waals surface area contributed by atoms with Crippen LogP contribution in [0.1, 0.15) is 37.0 Å². The number of aliphatic carboxylic acids is 1. The maximum atomic E-state index is 12.5. The highest BCUT2D eigenvalue weighted by Crippen LogP contribution is 2.41. The van der Waals surface area contributed by atoms with E-state index >= 15 is 0 Å². The molecular weight excluding hydrogens is 517 g/mol. The van der Waals surface area contributed by atoms with Crippen molar-refractivity contribution >= 4 is 57.8 Å². The highest BCUT2D eigenvalue weighted by Gasteiger charge is 2.57. The van der Waals surface area contributed by atoms with Crippen LogP contribution in [0.15, 0.2) is 11.2 Å². The number of carbonyl (C=O) groups is 3. The van der Waals surface area contributed by atoms with Gasteiger partial charge in [0, 0.05) is 18.9 Å². The average Bonchev–Trinajstić information content (AvgIpc) is 3.25. The van der Waals surface area contributed by atoms with Crippen molar-refractivity contribution in [1.82, 2.24) is 10.2 Å². The van der Waals surface area contributed by atoms with E-state index in [9.17, 15) is 38.5 Å². The summed E-state index contributed by atoms with van der Waals surface area (Å²) >= 11 is 8.89. The molecule has 0 bridgehead atoms. The van der Waals surface area contributed by atoms with Crippen LogP contribution in [0, 0.1) is 0 Å². The Labute approximate surface area is 205 Å². The zero-order chi connectivity index (χ0) is 25.5. The molecule has 5 N–H and O–H groups in total. The summed E-state index contributed by atoms with van der Waals surface area (Å²) in [6, 6.07) is -1.04. The smallest absolute Gasteiger partial charge is 0.328 e. The molecule has 5 atom stereocenters. The molecule has 0 aromatic heterocycles. The van der Waals surface area contributed by atoms with Gasteiger partial charge in [0.25, 0.3) is 5.91 Å². The van der Waals surface area contributed by atoms with Crippen LogP contribution >= 0.6 is 23.2 Å². The number of carboxylic acid groups (broad SMARTS) is 1. The van der Waals surface area contributed by atoms with Gasteiger partial charge in [-0.2, -0.15) is 0 Å². The number of aromatic hydroxyl groups is 2. The fraction of sp³-hybridized carbons (Fsp3) is 0.474. The molecule has 2 unspecified atom stereocenters. The van der Waals surface area contributed by atoms with Gasteiger partial charge in [-0.3, -0.25) is 9.59 Å². The number of nitrogens with one attached hydrogen (secondary N) is 1. The number of halogens is 2. The van der Waals surface area contributed by atoms with Gasteiger partial charge in [0.1, 0.15) is 10.9 Å². The van der Waals surface area contributed by atoms with Crippen LogP contribution in [0.25, 0.3) is 0 Å². The molecular formula is C19H21Cl2N3O9S. The summed E-state index contributed by atoms with van der Waals surface area (Å²) in [6.07, 6.45) is -0.825. The van der Waals surface area contributed by atoms with E-state index in [-0.39, 0.29) is 35.7 Å². The SMILES string of the molecule is C[C@@H]1CC(=O)N1[C@@H](C(=O)O)[C@](C)(C1=NOC(CNC(=O)c2cc(Cl)c(O)c(O)c2Cl)C1)S(=O)O. The number of oxime groups is 1. The molecule has 186 valence electrons. The van der Waals surface area contributed by atoms with Gasteiger partial charge in [-0.25, -0.2) is 9.00 Å². The molecule has 12 nitrogen and oxygen atoms in total. The first-order valence-corrected chi connectivity index (χ1v) is 11.7. The molecule has 1 aromatic carbocycles. The zero-order valence-electron chi connectivity index (χ0n) is 17.8.